The van der Waals surface area contributed by atoms with Crippen LogP contribution in [0.1, 0.15) is 33.6 Å². The van der Waals surface area contributed by atoms with Crippen LogP contribution in [0.3, 0.4) is 0 Å². The van der Waals surface area contributed by atoms with Crippen molar-refractivity contribution in [1.82, 2.24) is 20.2 Å². The van der Waals surface area contributed by atoms with Gasteiger partial charge < -0.3 is 15.7 Å². The molecule has 20 heavy (non-hydrogen) atoms. The molecule has 2 heterocycles. The van der Waals surface area contributed by atoms with Crippen LogP contribution in [0.25, 0.3) is 11.0 Å². The summed E-state index contributed by atoms with van der Waals surface area (Å²) in [5, 5.41) is 23.7. The number of H-pyrrole nitrogens is 1. The van der Waals surface area contributed by atoms with Gasteiger partial charge in [-0.25, -0.2) is 0 Å². The van der Waals surface area contributed by atoms with E-state index in [9.17, 15) is 5.11 Å². The molecule has 2 aromatic rings. The lowest BCUT2D eigenvalue weighted by molar-refractivity contribution is 0.218. The number of nitrogens with zero attached hydrogens (tertiary/aromatic N) is 3. The highest BCUT2D eigenvalue weighted by Crippen LogP contribution is 2.24. The van der Waals surface area contributed by atoms with E-state index < -0.39 is 5.54 Å². The molecule has 7 heteroatoms. The van der Waals surface area contributed by atoms with E-state index in [1.54, 1.807) is 6.20 Å². The number of aliphatic hydroxyl groups excluding tert-OH is 1. The Balaban J connectivity index is 2.36. The number of aliphatic hydroxyl groups is 1. The number of hydrogen-bond acceptors (Lipinski definition) is 6. The Bertz CT molecular complexity index is 563. The first-order chi connectivity index (χ1) is 9.61. The van der Waals surface area contributed by atoms with Gasteiger partial charge in [0.25, 0.3) is 0 Å². The number of anilines is 2. The van der Waals surface area contributed by atoms with E-state index in [4.69, 9.17) is 0 Å². The second-order valence-electron chi connectivity index (χ2n) is 5.15. The van der Waals surface area contributed by atoms with Crippen molar-refractivity contribution in [2.24, 2.45) is 0 Å². The molecule has 0 aliphatic carbocycles. The number of rotatable bonds is 7. The van der Waals surface area contributed by atoms with E-state index in [-0.39, 0.29) is 6.61 Å². The van der Waals surface area contributed by atoms with Crippen molar-refractivity contribution in [3.63, 3.8) is 0 Å². The maximum absolute atomic E-state index is 9.54. The predicted molar refractivity (Wildman–Crippen MR) is 79.9 cm³/mol. The van der Waals surface area contributed by atoms with E-state index in [1.165, 1.54) is 0 Å². The Hall–Kier alpha value is -1.89. The van der Waals surface area contributed by atoms with E-state index in [2.05, 4.69) is 37.7 Å². The zero-order valence-electron chi connectivity index (χ0n) is 12.2. The van der Waals surface area contributed by atoms with Gasteiger partial charge in [-0.1, -0.05) is 13.8 Å². The van der Waals surface area contributed by atoms with Gasteiger partial charge in [0.05, 0.1) is 23.7 Å². The summed E-state index contributed by atoms with van der Waals surface area (Å²) in [5.74, 6) is 1.24. The molecular formula is C13H22N6O. The van der Waals surface area contributed by atoms with Gasteiger partial charge in [-0.3, -0.25) is 5.10 Å². The maximum atomic E-state index is 9.54. The second-order valence-corrected chi connectivity index (χ2v) is 5.15. The highest BCUT2D eigenvalue weighted by Gasteiger charge is 2.23. The third-order valence-electron chi connectivity index (χ3n) is 3.39. The SMILES string of the molecule is CCCNc1nc(NC(C)(CC)CO)c2cn[nH]c2n1. The summed E-state index contributed by atoms with van der Waals surface area (Å²) in [6.45, 7) is 6.91. The summed E-state index contributed by atoms with van der Waals surface area (Å²) in [4.78, 5) is 8.86. The quantitative estimate of drug-likeness (QED) is 0.616. The molecule has 0 radical (unpaired) electrons. The van der Waals surface area contributed by atoms with Gasteiger partial charge in [-0.2, -0.15) is 15.1 Å². The molecule has 0 fully saturated rings. The molecule has 0 spiro atoms. The minimum atomic E-state index is -0.416. The highest BCUT2D eigenvalue weighted by molar-refractivity contribution is 5.87. The average molecular weight is 278 g/mol. The van der Waals surface area contributed by atoms with E-state index in [0.717, 1.165) is 24.8 Å². The molecule has 0 aliphatic rings. The van der Waals surface area contributed by atoms with Crippen LogP contribution in [0.4, 0.5) is 11.8 Å². The summed E-state index contributed by atoms with van der Waals surface area (Å²) in [6, 6.07) is 0. The second kappa shape index (κ2) is 6.04. The molecule has 1 atom stereocenters. The molecule has 110 valence electrons. The van der Waals surface area contributed by atoms with Crippen molar-refractivity contribution in [2.45, 2.75) is 39.2 Å². The van der Waals surface area contributed by atoms with Crippen molar-refractivity contribution < 1.29 is 5.11 Å². The summed E-state index contributed by atoms with van der Waals surface area (Å²) in [7, 11) is 0. The monoisotopic (exact) mass is 278 g/mol. The Morgan fingerprint density at radius 2 is 2.15 bits per heavy atom. The third kappa shape index (κ3) is 2.98. The zero-order chi connectivity index (χ0) is 14.6. The van der Waals surface area contributed by atoms with Crippen LogP contribution in [0.15, 0.2) is 6.20 Å². The highest BCUT2D eigenvalue weighted by atomic mass is 16.3. The predicted octanol–water partition coefficient (Wildman–Crippen LogP) is 1.75. The van der Waals surface area contributed by atoms with E-state index in [1.807, 2.05) is 13.8 Å². The molecule has 0 bridgehead atoms. The topological polar surface area (TPSA) is 98.8 Å². The van der Waals surface area contributed by atoms with Crippen LogP contribution in [0, 0.1) is 0 Å². The van der Waals surface area contributed by atoms with Gasteiger partial charge in [0, 0.05) is 6.54 Å². The molecule has 1 unspecified atom stereocenters. The van der Waals surface area contributed by atoms with Crippen molar-refractivity contribution in [1.29, 1.82) is 0 Å². The summed E-state index contributed by atoms with van der Waals surface area (Å²) >= 11 is 0. The Kier molecular flexibility index (Phi) is 4.39. The summed E-state index contributed by atoms with van der Waals surface area (Å²) < 4.78 is 0. The molecule has 0 aromatic carbocycles. The largest absolute Gasteiger partial charge is 0.394 e. The zero-order valence-corrected chi connectivity index (χ0v) is 12.2. The lowest BCUT2D eigenvalue weighted by atomic mass is 10.0. The smallest absolute Gasteiger partial charge is 0.226 e. The van der Waals surface area contributed by atoms with Gasteiger partial charge in [0.2, 0.25) is 5.95 Å². The van der Waals surface area contributed by atoms with Crippen molar-refractivity contribution >= 4 is 22.8 Å². The average Bonchev–Trinajstić information content (AvgIpc) is 2.93. The fourth-order valence-corrected chi connectivity index (χ4v) is 1.77. The number of aromatic amines is 1. The van der Waals surface area contributed by atoms with Crippen LogP contribution in [0.2, 0.25) is 0 Å². The minimum absolute atomic E-state index is 0.0323. The van der Waals surface area contributed by atoms with Crippen LogP contribution in [-0.4, -0.2) is 44.0 Å². The first kappa shape index (κ1) is 14.5. The van der Waals surface area contributed by atoms with Crippen LogP contribution in [0.5, 0.6) is 0 Å². The lowest BCUT2D eigenvalue weighted by Crippen LogP contribution is -2.38. The summed E-state index contributed by atoms with van der Waals surface area (Å²) in [5.41, 5.74) is 0.262. The minimum Gasteiger partial charge on any atom is -0.394 e. The normalized spacial score (nSPS) is 14.2. The molecule has 2 rings (SSSR count). The first-order valence-electron chi connectivity index (χ1n) is 6.96. The van der Waals surface area contributed by atoms with E-state index in [0.29, 0.717) is 17.4 Å². The fraction of sp³-hybridized carbons (Fsp3) is 0.615. The van der Waals surface area contributed by atoms with Crippen LogP contribution < -0.4 is 10.6 Å². The van der Waals surface area contributed by atoms with Crippen molar-refractivity contribution in [3.8, 4) is 0 Å². The number of aromatic nitrogens is 4. The van der Waals surface area contributed by atoms with Gasteiger partial charge in [-0.05, 0) is 19.8 Å². The molecular weight excluding hydrogens is 256 g/mol. The van der Waals surface area contributed by atoms with Gasteiger partial charge >= 0.3 is 0 Å². The van der Waals surface area contributed by atoms with Gasteiger partial charge in [-0.15, -0.1) is 0 Å². The van der Waals surface area contributed by atoms with Gasteiger partial charge in [0.15, 0.2) is 5.65 Å². The summed E-state index contributed by atoms with van der Waals surface area (Å²) in [6.07, 6.45) is 3.47. The number of fused-ring (bicyclic) bond motifs is 1. The lowest BCUT2D eigenvalue weighted by Gasteiger charge is -2.28. The number of hydrogen-bond donors (Lipinski definition) is 4. The Labute approximate surface area is 118 Å². The molecule has 7 nitrogen and oxygen atoms in total. The molecule has 0 saturated carbocycles. The van der Waals surface area contributed by atoms with Crippen molar-refractivity contribution in [2.75, 3.05) is 23.8 Å². The molecule has 2 aromatic heterocycles. The Morgan fingerprint density at radius 1 is 1.35 bits per heavy atom. The van der Waals surface area contributed by atoms with Crippen LogP contribution >= 0.6 is 0 Å². The first-order valence-corrected chi connectivity index (χ1v) is 6.96. The van der Waals surface area contributed by atoms with Crippen molar-refractivity contribution in [3.05, 3.63) is 6.20 Å². The molecule has 4 N–H and O–H groups in total. The number of nitrogens with one attached hydrogen (secondary N) is 3. The molecule has 0 aliphatic heterocycles. The molecule has 0 amide bonds. The maximum Gasteiger partial charge on any atom is 0.226 e. The van der Waals surface area contributed by atoms with Crippen LogP contribution in [-0.2, 0) is 0 Å². The standard InChI is InChI=1S/C13H22N6O/c1-4-6-14-12-16-10(18-13(3,5-2)8-20)9-7-15-19-11(9)17-12/h7,20H,4-6,8H2,1-3H3,(H3,14,15,16,17,18,19). The Morgan fingerprint density at radius 3 is 2.80 bits per heavy atom. The molecule has 0 saturated heterocycles. The van der Waals surface area contributed by atoms with Gasteiger partial charge in [0.1, 0.15) is 5.82 Å². The van der Waals surface area contributed by atoms with E-state index >= 15 is 0 Å². The fourth-order valence-electron chi connectivity index (χ4n) is 1.77. The third-order valence-corrected chi connectivity index (χ3v) is 3.39.